The van der Waals surface area contributed by atoms with E-state index in [1.807, 2.05) is 5.01 Å². The number of carbonyl (C=O) groups is 1. The summed E-state index contributed by atoms with van der Waals surface area (Å²) < 4.78 is 5.50. The van der Waals surface area contributed by atoms with Crippen LogP contribution in [0.15, 0.2) is 0 Å². The van der Waals surface area contributed by atoms with Crippen molar-refractivity contribution in [2.45, 2.75) is 31.8 Å². The second-order valence-electron chi connectivity index (χ2n) is 4.48. The predicted octanol–water partition coefficient (Wildman–Crippen LogP) is -0.118. The summed E-state index contributed by atoms with van der Waals surface area (Å²) in [6, 6.07) is 0. The van der Waals surface area contributed by atoms with Crippen LogP contribution in [0.25, 0.3) is 0 Å². The molecule has 0 saturated carbocycles. The zero-order valence-corrected chi connectivity index (χ0v) is 9.71. The normalized spacial score (nSPS) is 27.6. The van der Waals surface area contributed by atoms with Crippen LogP contribution in [0.2, 0.25) is 0 Å². The van der Waals surface area contributed by atoms with Crippen LogP contribution in [0.3, 0.4) is 0 Å². The van der Waals surface area contributed by atoms with Gasteiger partial charge in [-0.3, -0.25) is 10.2 Å². The third-order valence-corrected chi connectivity index (χ3v) is 3.06. The van der Waals surface area contributed by atoms with Crippen molar-refractivity contribution >= 4 is 5.91 Å². The van der Waals surface area contributed by atoms with Crippen molar-refractivity contribution in [3.8, 4) is 0 Å². The molecule has 2 aliphatic heterocycles. The molecule has 0 aromatic heterocycles. The maximum absolute atomic E-state index is 11.7. The zero-order chi connectivity index (χ0) is 11.2. The van der Waals surface area contributed by atoms with Crippen LogP contribution in [0.4, 0.5) is 0 Å². The van der Waals surface area contributed by atoms with E-state index in [1.54, 1.807) is 0 Å². The van der Waals surface area contributed by atoms with Crippen LogP contribution in [0.5, 0.6) is 0 Å². The first kappa shape index (κ1) is 11.8. The first-order valence-electron chi connectivity index (χ1n) is 6.21. The summed E-state index contributed by atoms with van der Waals surface area (Å²) in [5.74, 6) is 0.0793. The Bertz CT molecular complexity index is 201. The average molecular weight is 227 g/mol. The number of amides is 1. The van der Waals surface area contributed by atoms with Gasteiger partial charge in [-0.15, -0.1) is 0 Å². The Hall–Kier alpha value is -0.650. The Morgan fingerprint density at radius 3 is 2.88 bits per heavy atom. The highest BCUT2D eigenvalue weighted by Crippen LogP contribution is 2.07. The third kappa shape index (κ3) is 3.73. The van der Waals surface area contributed by atoms with Gasteiger partial charge < -0.3 is 10.1 Å². The number of morpholine rings is 1. The number of piperidine rings is 1. The van der Waals surface area contributed by atoms with Crippen LogP contribution < -0.4 is 10.7 Å². The fraction of sp³-hybridized carbons (Fsp3) is 0.909. The van der Waals surface area contributed by atoms with E-state index in [1.165, 1.54) is 19.3 Å². The SMILES string of the molecule is O=C(CC1CNCCO1)NN1CCCCC1. The molecule has 2 heterocycles. The quantitative estimate of drug-likeness (QED) is 0.706. The highest BCUT2D eigenvalue weighted by atomic mass is 16.5. The molecular formula is C11H21N3O2. The third-order valence-electron chi connectivity index (χ3n) is 3.06. The molecule has 1 amide bonds. The van der Waals surface area contributed by atoms with Gasteiger partial charge in [0, 0.05) is 26.2 Å². The lowest BCUT2D eigenvalue weighted by Crippen LogP contribution is -2.47. The van der Waals surface area contributed by atoms with Crippen LogP contribution >= 0.6 is 0 Å². The van der Waals surface area contributed by atoms with Gasteiger partial charge >= 0.3 is 0 Å². The van der Waals surface area contributed by atoms with Crippen molar-refractivity contribution < 1.29 is 9.53 Å². The molecule has 1 atom stereocenters. The Labute approximate surface area is 96.5 Å². The maximum atomic E-state index is 11.7. The van der Waals surface area contributed by atoms with Crippen molar-refractivity contribution in [2.24, 2.45) is 0 Å². The summed E-state index contributed by atoms with van der Waals surface area (Å²) in [5.41, 5.74) is 2.95. The molecule has 0 aromatic rings. The maximum Gasteiger partial charge on any atom is 0.236 e. The molecule has 0 bridgehead atoms. The highest BCUT2D eigenvalue weighted by molar-refractivity contribution is 5.75. The molecule has 2 rings (SSSR count). The van der Waals surface area contributed by atoms with Gasteiger partial charge in [0.25, 0.3) is 0 Å². The Morgan fingerprint density at radius 2 is 2.19 bits per heavy atom. The van der Waals surface area contributed by atoms with E-state index in [0.717, 1.165) is 26.2 Å². The fourth-order valence-electron chi connectivity index (χ4n) is 2.19. The van der Waals surface area contributed by atoms with E-state index < -0.39 is 0 Å². The monoisotopic (exact) mass is 227 g/mol. The Morgan fingerprint density at radius 1 is 1.38 bits per heavy atom. The average Bonchev–Trinajstić information content (AvgIpc) is 2.31. The van der Waals surface area contributed by atoms with E-state index in [-0.39, 0.29) is 12.0 Å². The molecule has 16 heavy (non-hydrogen) atoms. The number of ether oxygens (including phenoxy) is 1. The van der Waals surface area contributed by atoms with E-state index in [0.29, 0.717) is 13.0 Å². The highest BCUT2D eigenvalue weighted by Gasteiger charge is 2.19. The van der Waals surface area contributed by atoms with Crippen LogP contribution in [-0.4, -0.2) is 49.8 Å². The number of nitrogens with zero attached hydrogens (tertiary/aromatic N) is 1. The number of carbonyl (C=O) groups excluding carboxylic acids is 1. The summed E-state index contributed by atoms with van der Waals surface area (Å²) in [4.78, 5) is 11.7. The summed E-state index contributed by atoms with van der Waals surface area (Å²) >= 11 is 0. The van der Waals surface area contributed by atoms with Gasteiger partial charge in [-0.05, 0) is 12.8 Å². The molecule has 92 valence electrons. The van der Waals surface area contributed by atoms with E-state index >= 15 is 0 Å². The van der Waals surface area contributed by atoms with Crippen LogP contribution in [0.1, 0.15) is 25.7 Å². The number of hydrogen-bond donors (Lipinski definition) is 2. The van der Waals surface area contributed by atoms with Gasteiger partial charge in [-0.25, -0.2) is 5.01 Å². The van der Waals surface area contributed by atoms with E-state index in [9.17, 15) is 4.79 Å². The predicted molar refractivity (Wildman–Crippen MR) is 60.8 cm³/mol. The Balaban J connectivity index is 1.66. The smallest absolute Gasteiger partial charge is 0.236 e. The van der Waals surface area contributed by atoms with Gasteiger partial charge in [0.1, 0.15) is 0 Å². The molecule has 5 heteroatoms. The van der Waals surface area contributed by atoms with Gasteiger partial charge in [0.2, 0.25) is 5.91 Å². The van der Waals surface area contributed by atoms with Gasteiger partial charge in [0.05, 0.1) is 19.1 Å². The molecule has 1 unspecified atom stereocenters. The molecule has 2 saturated heterocycles. The molecule has 2 aliphatic rings. The second-order valence-corrected chi connectivity index (χ2v) is 4.48. The molecule has 0 spiro atoms. The largest absolute Gasteiger partial charge is 0.375 e. The minimum Gasteiger partial charge on any atom is -0.375 e. The van der Waals surface area contributed by atoms with Crippen molar-refractivity contribution in [1.29, 1.82) is 0 Å². The minimum atomic E-state index is 0.0403. The lowest BCUT2D eigenvalue weighted by Gasteiger charge is -2.28. The molecule has 5 nitrogen and oxygen atoms in total. The van der Waals surface area contributed by atoms with Crippen molar-refractivity contribution in [3.63, 3.8) is 0 Å². The molecule has 0 aliphatic carbocycles. The lowest BCUT2D eigenvalue weighted by atomic mass is 10.2. The topological polar surface area (TPSA) is 53.6 Å². The van der Waals surface area contributed by atoms with Crippen LogP contribution in [0, 0.1) is 0 Å². The second kappa shape index (κ2) is 6.18. The zero-order valence-electron chi connectivity index (χ0n) is 9.71. The van der Waals surface area contributed by atoms with Crippen molar-refractivity contribution in [3.05, 3.63) is 0 Å². The molecular weight excluding hydrogens is 206 g/mol. The minimum absolute atomic E-state index is 0.0403. The molecule has 0 radical (unpaired) electrons. The summed E-state index contributed by atoms with van der Waals surface area (Å²) in [6.45, 7) is 4.35. The van der Waals surface area contributed by atoms with Gasteiger partial charge in [-0.2, -0.15) is 0 Å². The van der Waals surface area contributed by atoms with Crippen molar-refractivity contribution in [1.82, 2.24) is 15.8 Å². The van der Waals surface area contributed by atoms with Gasteiger partial charge in [0.15, 0.2) is 0 Å². The van der Waals surface area contributed by atoms with E-state index in [2.05, 4.69) is 10.7 Å². The fourth-order valence-corrected chi connectivity index (χ4v) is 2.19. The number of rotatable bonds is 3. The summed E-state index contributed by atoms with van der Waals surface area (Å²) in [6.07, 6.45) is 4.15. The molecule has 0 aromatic carbocycles. The van der Waals surface area contributed by atoms with E-state index in [4.69, 9.17) is 4.74 Å². The summed E-state index contributed by atoms with van der Waals surface area (Å²) in [5, 5.41) is 5.26. The number of hydrogen-bond acceptors (Lipinski definition) is 4. The van der Waals surface area contributed by atoms with Crippen molar-refractivity contribution in [2.75, 3.05) is 32.8 Å². The number of nitrogens with one attached hydrogen (secondary N) is 2. The van der Waals surface area contributed by atoms with Crippen LogP contribution in [-0.2, 0) is 9.53 Å². The first-order valence-corrected chi connectivity index (χ1v) is 6.21. The summed E-state index contributed by atoms with van der Waals surface area (Å²) in [7, 11) is 0. The molecule has 2 fully saturated rings. The lowest BCUT2D eigenvalue weighted by molar-refractivity contribution is -0.129. The first-order chi connectivity index (χ1) is 7.84. The number of hydrazine groups is 1. The molecule has 2 N–H and O–H groups in total. The standard InChI is InChI=1S/C11H21N3O2/c15-11(8-10-9-12-4-7-16-10)13-14-5-2-1-3-6-14/h10,12H,1-9H2,(H,13,15). The Kier molecular flexibility index (Phi) is 4.56. The van der Waals surface area contributed by atoms with Gasteiger partial charge in [-0.1, -0.05) is 6.42 Å².